The van der Waals surface area contributed by atoms with Crippen LogP contribution < -0.4 is 9.30 Å². The summed E-state index contributed by atoms with van der Waals surface area (Å²) >= 11 is 0. The molecule has 10 aromatic carbocycles. The molecule has 14 aromatic rings. The van der Waals surface area contributed by atoms with E-state index in [-0.39, 0.29) is 0 Å². The zero-order valence-corrected chi connectivity index (χ0v) is 39.8. The first-order valence-electron chi connectivity index (χ1n) is 24.6. The predicted octanol–water partition coefficient (Wildman–Crippen LogP) is 15.8. The minimum absolute atomic E-state index is 0.693. The smallest absolute Gasteiger partial charge is 0.269 e. The molecule has 0 N–H and O–H groups in total. The predicted molar refractivity (Wildman–Crippen MR) is 295 cm³/mol. The maximum atomic E-state index is 6.71. The van der Waals surface area contributed by atoms with E-state index in [9.17, 15) is 0 Å². The molecule has 0 aliphatic rings. The maximum absolute atomic E-state index is 6.71. The molecule has 7 nitrogen and oxygen atoms in total. The van der Waals surface area contributed by atoms with Gasteiger partial charge in [0.2, 0.25) is 0 Å². The first kappa shape index (κ1) is 42.1. The molecular formula is C66H44N6O. The molecule has 7 heteroatoms. The zero-order valence-electron chi connectivity index (χ0n) is 39.8. The third-order valence-electron chi connectivity index (χ3n) is 14.1. The van der Waals surface area contributed by atoms with Gasteiger partial charge in [0.05, 0.1) is 61.6 Å². The molecule has 0 atom stereocenters. The van der Waals surface area contributed by atoms with Crippen molar-refractivity contribution in [1.82, 2.24) is 23.9 Å². The van der Waals surface area contributed by atoms with Gasteiger partial charge in [0, 0.05) is 32.7 Å². The van der Waals surface area contributed by atoms with Gasteiger partial charge in [-0.1, -0.05) is 176 Å². The average Bonchev–Trinajstić information content (AvgIpc) is 4.12. The number of hydrogen-bond acceptors (Lipinski definition) is 3. The number of imidazole rings is 1. The number of hydrogen-bond donors (Lipinski definition) is 0. The lowest BCUT2D eigenvalue weighted by Gasteiger charge is -2.20. The van der Waals surface area contributed by atoms with Crippen molar-refractivity contribution in [1.29, 1.82) is 0 Å². The highest BCUT2D eigenvalue weighted by Gasteiger charge is 2.24. The Labute approximate surface area is 421 Å². The number of benzene rings is 10. The number of fused-ring (bicyclic) bond motifs is 7. The number of nitrogens with zero attached hydrogens (tertiary/aromatic N) is 6. The topological polar surface area (TPSA) is 53.7 Å². The van der Waals surface area contributed by atoms with E-state index in [1.807, 2.05) is 43.3 Å². The van der Waals surface area contributed by atoms with Crippen molar-refractivity contribution in [3.63, 3.8) is 0 Å². The fourth-order valence-corrected chi connectivity index (χ4v) is 10.8. The second-order valence-corrected chi connectivity index (χ2v) is 18.4. The van der Waals surface area contributed by atoms with E-state index in [1.165, 1.54) is 32.7 Å². The Morgan fingerprint density at radius 2 is 0.877 bits per heavy atom. The Balaban J connectivity index is 0.885. The van der Waals surface area contributed by atoms with E-state index in [0.29, 0.717) is 11.5 Å². The minimum atomic E-state index is 0.693. The molecule has 0 amide bonds. The molecule has 0 bridgehead atoms. The van der Waals surface area contributed by atoms with Crippen molar-refractivity contribution < 1.29 is 9.30 Å². The van der Waals surface area contributed by atoms with Crippen molar-refractivity contribution in [2.45, 2.75) is 6.92 Å². The van der Waals surface area contributed by atoms with Crippen LogP contribution in [0.25, 0.3) is 111 Å². The number of aromatic nitrogens is 6. The van der Waals surface area contributed by atoms with Crippen LogP contribution in [-0.2, 0) is 0 Å². The second kappa shape index (κ2) is 17.2. The number of aryl methyl sites for hydroxylation is 1. The summed E-state index contributed by atoms with van der Waals surface area (Å²) in [5.74, 6) is 1.39. The lowest BCUT2D eigenvalue weighted by atomic mass is 9.98. The van der Waals surface area contributed by atoms with E-state index < -0.39 is 0 Å². The normalized spacial score (nSPS) is 11.6. The van der Waals surface area contributed by atoms with Gasteiger partial charge in [-0.15, -0.1) is 0 Å². The SMILES string of the molecule is Cc1nnc(-c2cccc(Oc3cccc(-n4[c-][n+](-c5c(-n6c7ccccc7c7ccccc76)cccc5-n5c6ccccc6c6ccccc65)c5ccccc54)c3)c2)cc1-c1ccc(-c2ccccc2)cc1. The Kier molecular flexibility index (Phi) is 9.93. The van der Waals surface area contributed by atoms with E-state index in [2.05, 4.69) is 247 Å². The molecule has 73 heavy (non-hydrogen) atoms. The lowest BCUT2D eigenvalue weighted by Crippen LogP contribution is -2.33. The van der Waals surface area contributed by atoms with Gasteiger partial charge in [-0.2, -0.15) is 10.2 Å². The minimum Gasteiger partial charge on any atom is -0.458 e. The first-order valence-corrected chi connectivity index (χ1v) is 24.6. The van der Waals surface area contributed by atoms with E-state index in [4.69, 9.17) is 4.74 Å². The summed E-state index contributed by atoms with van der Waals surface area (Å²) in [7, 11) is 0. The van der Waals surface area contributed by atoms with Gasteiger partial charge < -0.3 is 13.9 Å². The van der Waals surface area contributed by atoms with Crippen LogP contribution in [0.3, 0.4) is 0 Å². The van der Waals surface area contributed by atoms with Crippen molar-refractivity contribution in [2.24, 2.45) is 0 Å². The third kappa shape index (κ3) is 7.09. The Bertz CT molecular complexity index is 4190. The van der Waals surface area contributed by atoms with Crippen LogP contribution in [0.1, 0.15) is 5.69 Å². The summed E-state index contributed by atoms with van der Waals surface area (Å²) in [6, 6.07) is 87.5. The summed E-state index contributed by atoms with van der Waals surface area (Å²) in [6.45, 7) is 2.01. The van der Waals surface area contributed by atoms with Gasteiger partial charge in [0.1, 0.15) is 17.2 Å². The molecule has 0 fully saturated rings. The first-order chi connectivity index (χ1) is 36.1. The maximum Gasteiger partial charge on any atom is 0.269 e. The largest absolute Gasteiger partial charge is 0.458 e. The van der Waals surface area contributed by atoms with Crippen LogP contribution in [0.15, 0.2) is 249 Å². The quantitative estimate of drug-likeness (QED) is 0.107. The fourth-order valence-electron chi connectivity index (χ4n) is 10.8. The molecule has 14 rings (SSSR count). The molecule has 4 aromatic heterocycles. The molecule has 0 saturated heterocycles. The van der Waals surface area contributed by atoms with Gasteiger partial charge in [-0.25, -0.2) is 0 Å². The summed E-state index contributed by atoms with van der Waals surface area (Å²) in [5.41, 5.74) is 17.5. The Morgan fingerprint density at radius 1 is 0.397 bits per heavy atom. The highest BCUT2D eigenvalue weighted by molar-refractivity contribution is 6.11. The van der Waals surface area contributed by atoms with Gasteiger partial charge in [0.15, 0.2) is 0 Å². The standard InChI is InChI=1S/C66H44N6O/c1-44-56(47-38-36-46(37-39-47)45-18-3-2-4-19-45)42-57(68-67-44)48-20-15-22-50(40-48)73-51-23-16-21-49(41-51)69-43-70(63-33-14-13-32-62(63)69)66-64(71-58-28-9-5-24-52(58)53-25-6-10-29-59(53)71)34-17-35-65(66)72-60-30-11-7-26-54(60)55-27-8-12-31-61(55)72/h2-42H,1H3. The summed E-state index contributed by atoms with van der Waals surface area (Å²) in [4.78, 5) is 0. The number of ether oxygens (including phenoxy) is 1. The number of para-hydroxylation sites is 7. The van der Waals surface area contributed by atoms with Gasteiger partial charge >= 0.3 is 0 Å². The summed E-state index contributed by atoms with van der Waals surface area (Å²) < 4.78 is 15.9. The van der Waals surface area contributed by atoms with Gasteiger partial charge in [-0.05, 0) is 96.4 Å². The molecule has 0 saturated carbocycles. The van der Waals surface area contributed by atoms with Crippen LogP contribution in [0, 0.1) is 13.3 Å². The van der Waals surface area contributed by atoms with Crippen LogP contribution in [-0.4, -0.2) is 23.9 Å². The van der Waals surface area contributed by atoms with Crippen molar-refractivity contribution in [3.8, 4) is 67.8 Å². The van der Waals surface area contributed by atoms with Crippen molar-refractivity contribution in [3.05, 3.63) is 261 Å². The Hall–Kier alpha value is -9.85. The molecule has 0 radical (unpaired) electrons. The average molecular weight is 937 g/mol. The van der Waals surface area contributed by atoms with Crippen LogP contribution in [0.4, 0.5) is 0 Å². The summed E-state index contributed by atoms with van der Waals surface area (Å²) in [6.07, 6.45) is 3.91. The molecular weight excluding hydrogens is 893 g/mol. The highest BCUT2D eigenvalue weighted by Crippen LogP contribution is 2.39. The van der Waals surface area contributed by atoms with Crippen molar-refractivity contribution in [2.75, 3.05) is 0 Å². The second-order valence-electron chi connectivity index (χ2n) is 18.4. The van der Waals surface area contributed by atoms with E-state index in [1.54, 1.807) is 0 Å². The summed E-state index contributed by atoms with van der Waals surface area (Å²) in [5, 5.41) is 14.1. The molecule has 344 valence electrons. The van der Waals surface area contributed by atoms with Crippen LogP contribution >= 0.6 is 0 Å². The molecule has 0 unspecified atom stereocenters. The molecule has 0 aliphatic carbocycles. The molecule has 0 aliphatic heterocycles. The van der Waals surface area contributed by atoms with Crippen LogP contribution in [0.5, 0.6) is 11.5 Å². The zero-order chi connectivity index (χ0) is 48.4. The van der Waals surface area contributed by atoms with Gasteiger partial charge in [-0.3, -0.25) is 9.13 Å². The molecule has 4 heterocycles. The lowest BCUT2D eigenvalue weighted by molar-refractivity contribution is -0.571. The van der Waals surface area contributed by atoms with E-state index >= 15 is 0 Å². The number of rotatable bonds is 9. The fraction of sp³-hybridized carbons (Fsp3) is 0.0152. The van der Waals surface area contributed by atoms with Crippen molar-refractivity contribution >= 4 is 54.6 Å². The van der Waals surface area contributed by atoms with Gasteiger partial charge in [0.25, 0.3) is 6.33 Å². The van der Waals surface area contributed by atoms with Crippen LogP contribution in [0.2, 0.25) is 0 Å². The highest BCUT2D eigenvalue weighted by atomic mass is 16.5. The Morgan fingerprint density at radius 3 is 1.49 bits per heavy atom. The van der Waals surface area contributed by atoms with E-state index in [0.717, 1.165) is 83.9 Å². The monoisotopic (exact) mass is 936 g/mol. The third-order valence-corrected chi connectivity index (χ3v) is 14.1. The molecule has 0 spiro atoms.